The van der Waals surface area contributed by atoms with Crippen molar-refractivity contribution < 1.29 is 27.9 Å². The summed E-state index contributed by atoms with van der Waals surface area (Å²) in [5, 5.41) is 11.2. The zero-order valence-electron chi connectivity index (χ0n) is 10.9. The van der Waals surface area contributed by atoms with Crippen LogP contribution in [0.2, 0.25) is 0 Å². The maximum atomic E-state index is 12.5. The summed E-state index contributed by atoms with van der Waals surface area (Å²) in [4.78, 5) is 22.9. The van der Waals surface area contributed by atoms with Crippen LogP contribution in [-0.2, 0) is 11.0 Å². The van der Waals surface area contributed by atoms with Crippen LogP contribution in [0.25, 0.3) is 0 Å². The van der Waals surface area contributed by atoms with Crippen LogP contribution in [0, 0.1) is 0 Å². The summed E-state index contributed by atoms with van der Waals surface area (Å²) in [5.41, 5.74) is -2.72. The van der Waals surface area contributed by atoms with Crippen LogP contribution in [0.4, 0.5) is 13.2 Å². The number of rotatable bonds is 4. The largest absolute Gasteiger partial charge is 0.480 e. The number of alkyl halides is 3. The fourth-order valence-electron chi connectivity index (χ4n) is 1.45. The van der Waals surface area contributed by atoms with Crippen LogP contribution >= 0.6 is 0 Å². The molecule has 0 bridgehead atoms. The van der Waals surface area contributed by atoms with E-state index in [1.165, 1.54) is 13.0 Å². The van der Waals surface area contributed by atoms with E-state index in [1.54, 1.807) is 6.92 Å². The average Bonchev–Trinajstić information content (AvgIpc) is 2.37. The van der Waals surface area contributed by atoms with Crippen LogP contribution < -0.4 is 5.32 Å². The molecule has 1 aromatic carbocycles. The second kappa shape index (κ2) is 5.52. The Morgan fingerprint density at radius 2 is 1.90 bits per heavy atom. The second-order valence-corrected chi connectivity index (χ2v) is 4.52. The quantitative estimate of drug-likeness (QED) is 0.895. The number of hydrogen-bond acceptors (Lipinski definition) is 2. The number of carbonyl (C=O) groups excluding carboxylic acids is 1. The third-order valence-electron chi connectivity index (χ3n) is 3.02. The number of carboxylic acid groups (broad SMARTS) is 1. The standard InChI is InChI=1S/C13H14F3NO3/c1-3-12(2,11(19)20)17-10(18)8-5-4-6-9(7-8)13(14,15)16/h4-7H,3H2,1-2H3,(H,17,18)(H,19,20). The van der Waals surface area contributed by atoms with Crippen molar-refractivity contribution in [1.82, 2.24) is 5.32 Å². The van der Waals surface area contributed by atoms with E-state index in [2.05, 4.69) is 5.32 Å². The minimum absolute atomic E-state index is 0.104. The molecule has 0 aromatic heterocycles. The van der Waals surface area contributed by atoms with Crippen molar-refractivity contribution >= 4 is 11.9 Å². The van der Waals surface area contributed by atoms with Gasteiger partial charge in [-0.25, -0.2) is 4.79 Å². The minimum atomic E-state index is -4.56. The van der Waals surface area contributed by atoms with Crippen molar-refractivity contribution in [3.63, 3.8) is 0 Å². The molecule has 0 aliphatic carbocycles. The third kappa shape index (κ3) is 3.49. The van der Waals surface area contributed by atoms with E-state index in [0.29, 0.717) is 6.07 Å². The zero-order valence-corrected chi connectivity index (χ0v) is 10.9. The number of halogens is 3. The second-order valence-electron chi connectivity index (χ2n) is 4.52. The van der Waals surface area contributed by atoms with Gasteiger partial charge in [-0.05, 0) is 31.5 Å². The summed E-state index contributed by atoms with van der Waals surface area (Å²) in [6.45, 7) is 2.85. The number of amides is 1. The molecule has 0 heterocycles. The van der Waals surface area contributed by atoms with Gasteiger partial charge in [-0.2, -0.15) is 13.2 Å². The molecule has 0 saturated carbocycles. The molecule has 0 radical (unpaired) electrons. The Bertz CT molecular complexity index is 528. The van der Waals surface area contributed by atoms with Gasteiger partial charge in [-0.1, -0.05) is 13.0 Å². The number of hydrogen-bond donors (Lipinski definition) is 2. The van der Waals surface area contributed by atoms with E-state index >= 15 is 0 Å². The molecule has 2 N–H and O–H groups in total. The Labute approximate surface area is 113 Å². The molecule has 1 rings (SSSR count). The number of carboxylic acids is 1. The molecule has 0 saturated heterocycles. The number of benzene rings is 1. The van der Waals surface area contributed by atoms with Crippen LogP contribution in [0.15, 0.2) is 24.3 Å². The molecule has 0 aliphatic rings. The third-order valence-corrected chi connectivity index (χ3v) is 3.02. The molecular formula is C13H14F3NO3. The van der Waals surface area contributed by atoms with Crippen molar-refractivity contribution in [3.8, 4) is 0 Å². The Morgan fingerprint density at radius 1 is 1.30 bits per heavy atom. The lowest BCUT2D eigenvalue weighted by atomic mass is 9.98. The summed E-state index contributed by atoms with van der Waals surface area (Å²) in [6.07, 6.45) is -4.45. The molecule has 0 fully saturated rings. The van der Waals surface area contributed by atoms with E-state index in [4.69, 9.17) is 5.11 Å². The van der Waals surface area contributed by atoms with E-state index < -0.39 is 29.2 Å². The first-order chi connectivity index (χ1) is 9.10. The summed E-state index contributed by atoms with van der Waals surface area (Å²) in [7, 11) is 0. The topological polar surface area (TPSA) is 66.4 Å². The highest BCUT2D eigenvalue weighted by atomic mass is 19.4. The monoisotopic (exact) mass is 289 g/mol. The van der Waals surface area contributed by atoms with Crippen molar-refractivity contribution in [2.24, 2.45) is 0 Å². The molecule has 1 aromatic rings. The Hall–Kier alpha value is -2.05. The summed E-state index contributed by atoms with van der Waals surface area (Å²) in [6, 6.07) is 3.82. The highest BCUT2D eigenvalue weighted by Gasteiger charge is 2.34. The van der Waals surface area contributed by atoms with E-state index in [9.17, 15) is 22.8 Å². The first-order valence-corrected chi connectivity index (χ1v) is 5.83. The van der Waals surface area contributed by atoms with Crippen molar-refractivity contribution in [2.75, 3.05) is 0 Å². The Kier molecular flexibility index (Phi) is 4.42. The highest BCUT2D eigenvalue weighted by Crippen LogP contribution is 2.29. The van der Waals surface area contributed by atoms with Gasteiger partial charge in [0.15, 0.2) is 0 Å². The van der Waals surface area contributed by atoms with E-state index in [-0.39, 0.29) is 12.0 Å². The van der Waals surface area contributed by atoms with Gasteiger partial charge in [0.05, 0.1) is 5.56 Å². The molecular weight excluding hydrogens is 275 g/mol. The Balaban J connectivity index is 3.02. The molecule has 4 nitrogen and oxygen atoms in total. The highest BCUT2D eigenvalue weighted by molar-refractivity contribution is 5.97. The maximum Gasteiger partial charge on any atom is 0.416 e. The molecule has 0 spiro atoms. The molecule has 7 heteroatoms. The number of carbonyl (C=O) groups is 2. The van der Waals surface area contributed by atoms with Gasteiger partial charge >= 0.3 is 12.1 Å². The van der Waals surface area contributed by atoms with Crippen LogP contribution in [-0.4, -0.2) is 22.5 Å². The van der Waals surface area contributed by atoms with Crippen LogP contribution in [0.3, 0.4) is 0 Å². The van der Waals surface area contributed by atoms with Crippen molar-refractivity contribution in [3.05, 3.63) is 35.4 Å². The first kappa shape index (κ1) is 16.0. The molecule has 20 heavy (non-hydrogen) atoms. The van der Waals surface area contributed by atoms with Gasteiger partial charge < -0.3 is 10.4 Å². The fourth-order valence-corrected chi connectivity index (χ4v) is 1.45. The summed E-state index contributed by atoms with van der Waals surface area (Å²) in [5.74, 6) is -2.11. The lowest BCUT2D eigenvalue weighted by Gasteiger charge is -2.24. The number of nitrogens with one attached hydrogen (secondary N) is 1. The van der Waals surface area contributed by atoms with Gasteiger partial charge in [0, 0.05) is 5.56 Å². The van der Waals surface area contributed by atoms with Crippen molar-refractivity contribution in [1.29, 1.82) is 0 Å². The predicted molar refractivity (Wildman–Crippen MR) is 65.2 cm³/mol. The molecule has 1 unspecified atom stereocenters. The lowest BCUT2D eigenvalue weighted by Crippen LogP contribution is -2.51. The van der Waals surface area contributed by atoms with Gasteiger partial charge in [0.25, 0.3) is 5.91 Å². The fraction of sp³-hybridized carbons (Fsp3) is 0.385. The average molecular weight is 289 g/mol. The molecule has 1 amide bonds. The summed E-state index contributed by atoms with van der Waals surface area (Å²) < 4.78 is 37.6. The number of aliphatic carboxylic acids is 1. The van der Waals surface area contributed by atoms with E-state index in [1.807, 2.05) is 0 Å². The normalized spacial score (nSPS) is 14.4. The summed E-state index contributed by atoms with van der Waals surface area (Å²) >= 11 is 0. The van der Waals surface area contributed by atoms with Gasteiger partial charge in [-0.15, -0.1) is 0 Å². The van der Waals surface area contributed by atoms with Crippen LogP contribution in [0.5, 0.6) is 0 Å². The van der Waals surface area contributed by atoms with E-state index in [0.717, 1.165) is 12.1 Å². The first-order valence-electron chi connectivity index (χ1n) is 5.83. The van der Waals surface area contributed by atoms with Gasteiger partial charge in [0.1, 0.15) is 5.54 Å². The zero-order chi connectivity index (χ0) is 15.6. The smallest absolute Gasteiger partial charge is 0.416 e. The minimum Gasteiger partial charge on any atom is -0.480 e. The van der Waals surface area contributed by atoms with Crippen molar-refractivity contribution in [2.45, 2.75) is 32.0 Å². The maximum absolute atomic E-state index is 12.5. The van der Waals surface area contributed by atoms with Gasteiger partial charge in [0.2, 0.25) is 0 Å². The predicted octanol–water partition coefficient (Wildman–Crippen LogP) is 2.69. The van der Waals surface area contributed by atoms with Crippen LogP contribution in [0.1, 0.15) is 36.2 Å². The Morgan fingerprint density at radius 3 is 2.35 bits per heavy atom. The van der Waals surface area contributed by atoms with Gasteiger partial charge in [-0.3, -0.25) is 4.79 Å². The lowest BCUT2D eigenvalue weighted by molar-refractivity contribution is -0.144. The molecule has 110 valence electrons. The molecule has 1 atom stereocenters. The molecule has 0 aliphatic heterocycles. The SMILES string of the molecule is CCC(C)(NC(=O)c1cccc(C(F)(F)F)c1)C(=O)O.